The number of nitrogens with zero attached hydrogens (tertiary/aromatic N) is 2. The largest absolute Gasteiger partial charge is 0.370 e. The van der Waals surface area contributed by atoms with Crippen LogP contribution in [0.2, 0.25) is 0 Å². The van der Waals surface area contributed by atoms with Crippen LogP contribution >= 0.6 is 0 Å². The lowest BCUT2D eigenvalue weighted by molar-refractivity contribution is 0.306. The molecule has 2 rings (SSSR count). The second-order valence-electron chi connectivity index (χ2n) is 5.23. The number of halogens is 1. The summed E-state index contributed by atoms with van der Waals surface area (Å²) in [6.07, 6.45) is 4.63. The number of benzene rings is 1. The highest BCUT2D eigenvalue weighted by Gasteiger charge is 2.28. The van der Waals surface area contributed by atoms with Crippen molar-refractivity contribution in [2.24, 2.45) is 11.7 Å². The van der Waals surface area contributed by atoms with Crippen LogP contribution in [0, 0.1) is 23.1 Å². The van der Waals surface area contributed by atoms with Crippen LogP contribution in [0.1, 0.15) is 31.2 Å². The molecule has 0 amide bonds. The van der Waals surface area contributed by atoms with Crippen LogP contribution in [0.4, 0.5) is 10.1 Å². The summed E-state index contributed by atoms with van der Waals surface area (Å²) in [7, 11) is 1.98. The first kappa shape index (κ1) is 13.8. The van der Waals surface area contributed by atoms with Gasteiger partial charge in [-0.25, -0.2) is 4.39 Å². The maximum absolute atomic E-state index is 13.2. The number of anilines is 1. The Balaban J connectivity index is 2.28. The molecule has 2 N–H and O–H groups in total. The van der Waals surface area contributed by atoms with E-state index < -0.39 is 0 Å². The molecular formula is C15H20FN3. The highest BCUT2D eigenvalue weighted by molar-refractivity contribution is 5.59. The summed E-state index contributed by atoms with van der Waals surface area (Å²) in [5.74, 6) is 0.0862. The predicted molar refractivity (Wildman–Crippen MR) is 74.3 cm³/mol. The third-order valence-electron chi connectivity index (χ3n) is 4.13. The molecule has 102 valence electrons. The van der Waals surface area contributed by atoms with Crippen molar-refractivity contribution in [1.82, 2.24) is 0 Å². The minimum atomic E-state index is -0.368. The Kier molecular flexibility index (Phi) is 4.39. The molecule has 0 radical (unpaired) electrons. The third-order valence-corrected chi connectivity index (χ3v) is 4.13. The van der Waals surface area contributed by atoms with Crippen molar-refractivity contribution in [2.45, 2.75) is 31.7 Å². The molecule has 0 heterocycles. The molecule has 0 spiro atoms. The summed E-state index contributed by atoms with van der Waals surface area (Å²) in [6, 6.07) is 6.82. The lowest BCUT2D eigenvalue weighted by Crippen LogP contribution is -2.43. The average Bonchev–Trinajstić information content (AvgIpc) is 2.46. The van der Waals surface area contributed by atoms with Gasteiger partial charge in [-0.15, -0.1) is 0 Å². The molecule has 4 heteroatoms. The zero-order chi connectivity index (χ0) is 13.8. The Morgan fingerprint density at radius 3 is 2.84 bits per heavy atom. The fourth-order valence-electron chi connectivity index (χ4n) is 3.06. The van der Waals surface area contributed by atoms with Crippen LogP contribution in [0.15, 0.2) is 18.2 Å². The Morgan fingerprint density at radius 2 is 2.16 bits per heavy atom. The zero-order valence-corrected chi connectivity index (χ0v) is 11.3. The molecule has 19 heavy (non-hydrogen) atoms. The lowest BCUT2D eigenvalue weighted by atomic mass is 9.83. The van der Waals surface area contributed by atoms with Crippen molar-refractivity contribution in [1.29, 1.82) is 5.26 Å². The first-order valence-electron chi connectivity index (χ1n) is 6.80. The van der Waals surface area contributed by atoms with Gasteiger partial charge in [0.25, 0.3) is 0 Å². The van der Waals surface area contributed by atoms with E-state index in [0.717, 1.165) is 18.5 Å². The summed E-state index contributed by atoms with van der Waals surface area (Å²) >= 11 is 0. The SMILES string of the molecule is CN(c1ccc(F)cc1C#N)C1CCCCC1CN. The quantitative estimate of drug-likeness (QED) is 0.910. The molecule has 1 aromatic carbocycles. The van der Waals surface area contributed by atoms with Gasteiger partial charge in [-0.05, 0) is 43.5 Å². The fraction of sp³-hybridized carbons (Fsp3) is 0.533. The minimum Gasteiger partial charge on any atom is -0.370 e. The molecule has 3 nitrogen and oxygen atoms in total. The van der Waals surface area contributed by atoms with Crippen molar-refractivity contribution in [3.63, 3.8) is 0 Å². The van der Waals surface area contributed by atoms with E-state index in [9.17, 15) is 4.39 Å². The lowest BCUT2D eigenvalue weighted by Gasteiger charge is -2.39. The van der Waals surface area contributed by atoms with E-state index >= 15 is 0 Å². The van der Waals surface area contributed by atoms with Gasteiger partial charge in [-0.3, -0.25) is 0 Å². The maximum atomic E-state index is 13.2. The predicted octanol–water partition coefficient (Wildman–Crippen LogP) is 2.65. The Labute approximate surface area is 113 Å². The topological polar surface area (TPSA) is 53.0 Å². The van der Waals surface area contributed by atoms with Crippen LogP contribution in [0.3, 0.4) is 0 Å². The number of nitriles is 1. The molecule has 1 aliphatic carbocycles. The van der Waals surface area contributed by atoms with Crippen molar-refractivity contribution in [3.8, 4) is 6.07 Å². The zero-order valence-electron chi connectivity index (χ0n) is 11.3. The standard InChI is InChI=1S/C15H20FN3/c1-19(14-5-3-2-4-11(14)9-17)15-7-6-13(16)8-12(15)10-18/h6-8,11,14H,2-5,9,17H2,1H3. The number of hydrogen-bond donors (Lipinski definition) is 1. The highest BCUT2D eigenvalue weighted by Crippen LogP contribution is 2.31. The van der Waals surface area contributed by atoms with Crippen LogP contribution in [0.5, 0.6) is 0 Å². The number of hydrogen-bond acceptors (Lipinski definition) is 3. The maximum Gasteiger partial charge on any atom is 0.124 e. The van der Waals surface area contributed by atoms with E-state index in [1.54, 1.807) is 6.07 Å². The van der Waals surface area contributed by atoms with E-state index in [1.165, 1.54) is 25.0 Å². The Hall–Kier alpha value is -1.60. The first-order chi connectivity index (χ1) is 9.17. The number of nitrogens with two attached hydrogens (primary N) is 1. The second kappa shape index (κ2) is 6.03. The summed E-state index contributed by atoms with van der Waals surface area (Å²) in [5.41, 5.74) is 7.05. The van der Waals surface area contributed by atoms with E-state index in [2.05, 4.69) is 11.0 Å². The van der Waals surface area contributed by atoms with Crippen molar-refractivity contribution >= 4 is 5.69 Å². The molecule has 1 fully saturated rings. The van der Waals surface area contributed by atoms with Gasteiger partial charge in [0.15, 0.2) is 0 Å². The van der Waals surface area contributed by atoms with E-state index in [0.29, 0.717) is 24.1 Å². The van der Waals surface area contributed by atoms with E-state index in [4.69, 9.17) is 11.0 Å². The fourth-order valence-corrected chi connectivity index (χ4v) is 3.06. The van der Waals surface area contributed by atoms with Gasteiger partial charge in [-0.2, -0.15) is 5.26 Å². The minimum absolute atomic E-state index is 0.344. The van der Waals surface area contributed by atoms with Crippen LogP contribution in [-0.4, -0.2) is 19.6 Å². The molecule has 1 aromatic rings. The molecular weight excluding hydrogens is 241 g/mol. The van der Waals surface area contributed by atoms with Crippen molar-refractivity contribution in [3.05, 3.63) is 29.6 Å². The smallest absolute Gasteiger partial charge is 0.124 e. The molecule has 0 saturated heterocycles. The van der Waals surface area contributed by atoms with E-state index in [-0.39, 0.29) is 5.82 Å². The molecule has 1 saturated carbocycles. The van der Waals surface area contributed by atoms with Crippen LogP contribution < -0.4 is 10.6 Å². The Morgan fingerprint density at radius 1 is 1.42 bits per heavy atom. The second-order valence-corrected chi connectivity index (χ2v) is 5.23. The highest BCUT2D eigenvalue weighted by atomic mass is 19.1. The van der Waals surface area contributed by atoms with E-state index in [1.807, 2.05) is 7.05 Å². The van der Waals surface area contributed by atoms with Gasteiger partial charge in [0.05, 0.1) is 11.3 Å². The Bertz CT molecular complexity index is 481. The van der Waals surface area contributed by atoms with Crippen LogP contribution in [0.25, 0.3) is 0 Å². The van der Waals surface area contributed by atoms with Crippen molar-refractivity contribution in [2.75, 3.05) is 18.5 Å². The van der Waals surface area contributed by atoms with Gasteiger partial charge in [0, 0.05) is 13.1 Å². The average molecular weight is 261 g/mol. The third kappa shape index (κ3) is 2.87. The normalized spacial score (nSPS) is 22.8. The molecule has 2 atom stereocenters. The van der Waals surface area contributed by atoms with Crippen LogP contribution in [-0.2, 0) is 0 Å². The molecule has 1 aliphatic rings. The summed E-state index contributed by atoms with van der Waals surface area (Å²) < 4.78 is 13.2. The molecule has 0 aromatic heterocycles. The van der Waals surface area contributed by atoms with Gasteiger partial charge in [-0.1, -0.05) is 12.8 Å². The molecule has 0 bridgehead atoms. The molecule has 0 aliphatic heterocycles. The summed E-state index contributed by atoms with van der Waals surface area (Å²) in [6.45, 7) is 0.665. The number of rotatable bonds is 3. The summed E-state index contributed by atoms with van der Waals surface area (Å²) in [4.78, 5) is 2.11. The van der Waals surface area contributed by atoms with Gasteiger partial charge in [0.2, 0.25) is 0 Å². The van der Waals surface area contributed by atoms with Crippen molar-refractivity contribution < 1.29 is 4.39 Å². The molecule has 2 unspecified atom stereocenters. The van der Waals surface area contributed by atoms with Gasteiger partial charge in [0.1, 0.15) is 11.9 Å². The first-order valence-corrected chi connectivity index (χ1v) is 6.80. The van der Waals surface area contributed by atoms with Gasteiger partial charge < -0.3 is 10.6 Å². The van der Waals surface area contributed by atoms with Gasteiger partial charge >= 0.3 is 0 Å². The summed E-state index contributed by atoms with van der Waals surface area (Å²) in [5, 5.41) is 9.15. The monoisotopic (exact) mass is 261 g/mol.